The number of carbonyl (C=O) groups is 1. The predicted octanol–water partition coefficient (Wildman–Crippen LogP) is 3.41. The monoisotopic (exact) mass is 267 g/mol. The molecular formula is C17H17NO2. The molecule has 2 rings (SSSR count). The van der Waals surface area contributed by atoms with Crippen LogP contribution in [-0.2, 0) is 16.0 Å². The van der Waals surface area contributed by atoms with E-state index in [9.17, 15) is 4.79 Å². The molecule has 1 heterocycles. The minimum absolute atomic E-state index is 0.312. The summed E-state index contributed by atoms with van der Waals surface area (Å²) in [6, 6.07) is 14.1. The topological polar surface area (TPSA) is 39.2 Å². The highest BCUT2D eigenvalue weighted by molar-refractivity contribution is 5.82. The van der Waals surface area contributed by atoms with Crippen molar-refractivity contribution in [3.05, 3.63) is 65.9 Å². The van der Waals surface area contributed by atoms with Crippen LogP contribution < -0.4 is 0 Å². The number of rotatable bonds is 4. The van der Waals surface area contributed by atoms with Crippen LogP contribution in [0.1, 0.15) is 12.5 Å². The van der Waals surface area contributed by atoms with Gasteiger partial charge in [0.15, 0.2) is 0 Å². The molecule has 0 aliphatic carbocycles. The third-order valence-corrected chi connectivity index (χ3v) is 2.96. The summed E-state index contributed by atoms with van der Waals surface area (Å²) < 4.78 is 4.61. The zero-order valence-corrected chi connectivity index (χ0v) is 11.7. The third kappa shape index (κ3) is 3.79. The summed E-state index contributed by atoms with van der Waals surface area (Å²) in [7, 11) is 1.38. The molecule has 20 heavy (non-hydrogen) atoms. The molecular weight excluding hydrogens is 250 g/mol. The largest absolute Gasteiger partial charge is 0.466 e. The van der Waals surface area contributed by atoms with Crippen LogP contribution in [0.4, 0.5) is 0 Å². The van der Waals surface area contributed by atoms with Gasteiger partial charge in [0.1, 0.15) is 0 Å². The molecule has 0 spiro atoms. The Hall–Kier alpha value is -2.42. The molecule has 0 amide bonds. The summed E-state index contributed by atoms with van der Waals surface area (Å²) in [5.41, 5.74) is 4.18. The van der Waals surface area contributed by atoms with Gasteiger partial charge in [0, 0.05) is 17.8 Å². The first-order valence-electron chi connectivity index (χ1n) is 6.44. The first-order chi connectivity index (χ1) is 9.69. The molecule has 0 fully saturated rings. The number of pyridine rings is 1. The number of ether oxygens (including phenoxy) is 1. The first-order valence-corrected chi connectivity index (χ1v) is 6.44. The van der Waals surface area contributed by atoms with Gasteiger partial charge in [-0.3, -0.25) is 4.98 Å². The highest BCUT2D eigenvalue weighted by atomic mass is 16.5. The normalized spacial score (nSPS) is 11.2. The van der Waals surface area contributed by atoms with E-state index in [1.165, 1.54) is 13.2 Å². The van der Waals surface area contributed by atoms with Gasteiger partial charge in [-0.1, -0.05) is 35.9 Å². The highest BCUT2D eigenvalue weighted by Gasteiger charge is 2.01. The minimum Gasteiger partial charge on any atom is -0.466 e. The zero-order valence-electron chi connectivity index (χ0n) is 11.7. The number of hydrogen-bond donors (Lipinski definition) is 0. The number of nitrogens with zero attached hydrogens (tertiary/aromatic N) is 1. The Morgan fingerprint density at radius 2 is 1.95 bits per heavy atom. The summed E-state index contributed by atoms with van der Waals surface area (Å²) in [6.07, 6.45) is 4.04. The van der Waals surface area contributed by atoms with Crippen molar-refractivity contribution in [2.45, 2.75) is 13.3 Å². The van der Waals surface area contributed by atoms with Gasteiger partial charge in [-0.05, 0) is 31.0 Å². The number of esters is 1. The fourth-order valence-electron chi connectivity index (χ4n) is 1.96. The predicted molar refractivity (Wildman–Crippen MR) is 79.2 cm³/mol. The summed E-state index contributed by atoms with van der Waals surface area (Å²) in [5.74, 6) is -0.312. The standard InChI is InChI=1S/C17H17NO2/c1-13(12-17(19)20-2)11-14-6-8-15(9-7-14)16-5-3-4-10-18-16/h3-10,12H,11H2,1-2H3/b13-12+. The molecule has 1 aromatic carbocycles. The van der Waals surface area contributed by atoms with E-state index < -0.39 is 0 Å². The third-order valence-electron chi connectivity index (χ3n) is 2.96. The van der Waals surface area contributed by atoms with Crippen LogP contribution in [0.15, 0.2) is 60.3 Å². The Morgan fingerprint density at radius 1 is 1.20 bits per heavy atom. The molecule has 102 valence electrons. The van der Waals surface area contributed by atoms with Crippen LogP contribution in [0.25, 0.3) is 11.3 Å². The van der Waals surface area contributed by atoms with E-state index in [4.69, 9.17) is 0 Å². The fourth-order valence-corrected chi connectivity index (χ4v) is 1.96. The molecule has 2 aromatic rings. The smallest absolute Gasteiger partial charge is 0.330 e. The Morgan fingerprint density at radius 3 is 2.55 bits per heavy atom. The van der Waals surface area contributed by atoms with E-state index in [1.807, 2.05) is 37.3 Å². The molecule has 0 aliphatic heterocycles. The van der Waals surface area contributed by atoms with Gasteiger partial charge >= 0.3 is 5.97 Å². The Kier molecular flexibility index (Phi) is 4.66. The van der Waals surface area contributed by atoms with Crippen LogP contribution in [0.2, 0.25) is 0 Å². The average Bonchev–Trinajstić information content (AvgIpc) is 2.48. The molecule has 0 aliphatic rings. The van der Waals surface area contributed by atoms with Crippen LogP contribution in [0, 0.1) is 0 Å². The van der Waals surface area contributed by atoms with Gasteiger partial charge in [-0.2, -0.15) is 0 Å². The molecule has 0 saturated heterocycles. The Balaban J connectivity index is 2.09. The molecule has 1 aromatic heterocycles. The van der Waals surface area contributed by atoms with Crippen molar-refractivity contribution in [3.8, 4) is 11.3 Å². The van der Waals surface area contributed by atoms with Crippen LogP contribution in [-0.4, -0.2) is 18.1 Å². The number of aromatic nitrogens is 1. The van der Waals surface area contributed by atoms with Crippen LogP contribution in [0.5, 0.6) is 0 Å². The maximum atomic E-state index is 11.1. The lowest BCUT2D eigenvalue weighted by Gasteiger charge is -2.04. The second-order valence-electron chi connectivity index (χ2n) is 4.60. The number of hydrogen-bond acceptors (Lipinski definition) is 3. The zero-order chi connectivity index (χ0) is 14.4. The average molecular weight is 267 g/mol. The SMILES string of the molecule is COC(=O)/C=C(\C)Cc1ccc(-c2ccccn2)cc1. The second-order valence-corrected chi connectivity index (χ2v) is 4.60. The summed E-state index contributed by atoms with van der Waals surface area (Å²) in [4.78, 5) is 15.5. The van der Waals surface area contributed by atoms with Gasteiger partial charge in [-0.15, -0.1) is 0 Å². The molecule has 3 heteroatoms. The van der Waals surface area contributed by atoms with Gasteiger partial charge < -0.3 is 4.74 Å². The molecule has 0 atom stereocenters. The van der Waals surface area contributed by atoms with E-state index in [0.29, 0.717) is 0 Å². The lowest BCUT2D eigenvalue weighted by Crippen LogP contribution is -1.97. The van der Waals surface area contributed by atoms with Crippen molar-refractivity contribution in [3.63, 3.8) is 0 Å². The van der Waals surface area contributed by atoms with Crippen LogP contribution >= 0.6 is 0 Å². The summed E-state index contributed by atoms with van der Waals surface area (Å²) in [5, 5.41) is 0. The second kappa shape index (κ2) is 6.66. The van der Waals surface area contributed by atoms with Crippen molar-refractivity contribution in [1.82, 2.24) is 4.98 Å². The molecule has 0 radical (unpaired) electrons. The fraction of sp³-hybridized carbons (Fsp3) is 0.176. The molecule has 0 N–H and O–H groups in total. The summed E-state index contributed by atoms with van der Waals surface area (Å²) >= 11 is 0. The van der Waals surface area contributed by atoms with Gasteiger partial charge in [0.25, 0.3) is 0 Å². The van der Waals surface area contributed by atoms with E-state index in [2.05, 4.69) is 21.9 Å². The van der Waals surface area contributed by atoms with Crippen molar-refractivity contribution in [1.29, 1.82) is 0 Å². The van der Waals surface area contributed by atoms with Gasteiger partial charge in [-0.25, -0.2) is 4.79 Å². The maximum absolute atomic E-state index is 11.1. The van der Waals surface area contributed by atoms with Crippen molar-refractivity contribution < 1.29 is 9.53 Å². The highest BCUT2D eigenvalue weighted by Crippen LogP contribution is 2.18. The van der Waals surface area contributed by atoms with Crippen molar-refractivity contribution in [2.24, 2.45) is 0 Å². The number of benzene rings is 1. The van der Waals surface area contributed by atoms with E-state index in [0.717, 1.165) is 28.8 Å². The van der Waals surface area contributed by atoms with Crippen molar-refractivity contribution in [2.75, 3.05) is 7.11 Å². The quantitative estimate of drug-likeness (QED) is 0.629. The Bertz CT molecular complexity index is 601. The summed E-state index contributed by atoms with van der Waals surface area (Å²) in [6.45, 7) is 1.92. The molecule has 0 bridgehead atoms. The lowest BCUT2D eigenvalue weighted by molar-refractivity contribution is -0.134. The Labute approximate surface area is 118 Å². The van der Waals surface area contributed by atoms with Gasteiger partial charge in [0.2, 0.25) is 0 Å². The molecule has 3 nitrogen and oxygen atoms in total. The van der Waals surface area contributed by atoms with E-state index >= 15 is 0 Å². The van der Waals surface area contributed by atoms with Gasteiger partial charge in [0.05, 0.1) is 12.8 Å². The van der Waals surface area contributed by atoms with E-state index in [-0.39, 0.29) is 5.97 Å². The van der Waals surface area contributed by atoms with Crippen molar-refractivity contribution >= 4 is 5.97 Å². The van der Waals surface area contributed by atoms with E-state index in [1.54, 1.807) is 6.20 Å². The molecule has 0 saturated carbocycles. The number of allylic oxidation sites excluding steroid dienone is 1. The number of carbonyl (C=O) groups excluding carboxylic acids is 1. The maximum Gasteiger partial charge on any atom is 0.330 e. The minimum atomic E-state index is -0.312. The first kappa shape index (κ1) is 14.0. The van der Waals surface area contributed by atoms with Crippen LogP contribution in [0.3, 0.4) is 0 Å². The molecule has 0 unspecified atom stereocenters. The number of methoxy groups -OCH3 is 1. The lowest BCUT2D eigenvalue weighted by atomic mass is 10.0.